The Kier molecular flexibility index (Phi) is 63.7. The van der Waals surface area contributed by atoms with Crippen LogP contribution in [0, 0.1) is 11.8 Å². The van der Waals surface area contributed by atoms with Crippen molar-refractivity contribution < 1.29 is 80.2 Å². The molecule has 17 nitrogen and oxygen atoms in total. The molecule has 19 heteroatoms. The zero-order valence-corrected chi connectivity index (χ0v) is 61.6. The number of phosphoric acid groups is 2. The van der Waals surface area contributed by atoms with E-state index in [9.17, 15) is 43.2 Å². The minimum absolute atomic E-state index is 0.105. The lowest BCUT2D eigenvalue weighted by Crippen LogP contribution is -2.30. The molecule has 0 aliphatic rings. The minimum atomic E-state index is -4.95. The van der Waals surface area contributed by atoms with Crippen LogP contribution in [0.25, 0.3) is 0 Å². The third-order valence-electron chi connectivity index (χ3n) is 17.3. The van der Waals surface area contributed by atoms with Crippen LogP contribution in [0.1, 0.15) is 375 Å². The maximum atomic E-state index is 13.1. The highest BCUT2D eigenvalue weighted by Crippen LogP contribution is 2.45. The van der Waals surface area contributed by atoms with Gasteiger partial charge in [0.25, 0.3) is 0 Å². The van der Waals surface area contributed by atoms with E-state index in [0.29, 0.717) is 25.7 Å². The quantitative estimate of drug-likeness (QED) is 0.0222. The summed E-state index contributed by atoms with van der Waals surface area (Å²) in [6.45, 7) is 9.56. The van der Waals surface area contributed by atoms with Gasteiger partial charge in [-0.1, -0.05) is 324 Å². The number of hydrogen-bond acceptors (Lipinski definition) is 15. The summed E-state index contributed by atoms with van der Waals surface area (Å²) in [4.78, 5) is 72.5. The number of aliphatic hydroxyl groups is 1. The van der Waals surface area contributed by atoms with Gasteiger partial charge < -0.3 is 33.8 Å². The molecule has 546 valence electrons. The number of esters is 4. The number of hydrogen-bond donors (Lipinski definition) is 3. The van der Waals surface area contributed by atoms with Crippen molar-refractivity contribution >= 4 is 39.5 Å². The van der Waals surface area contributed by atoms with E-state index >= 15 is 0 Å². The van der Waals surface area contributed by atoms with E-state index < -0.39 is 97.5 Å². The Balaban J connectivity index is 5.20. The molecule has 0 fully saturated rings. The summed E-state index contributed by atoms with van der Waals surface area (Å²) in [7, 11) is -9.90. The van der Waals surface area contributed by atoms with Crippen LogP contribution in [-0.4, -0.2) is 96.7 Å². The lowest BCUT2D eigenvalue weighted by Gasteiger charge is -2.21. The molecule has 0 spiro atoms. The normalized spacial score (nSPS) is 14.4. The summed E-state index contributed by atoms with van der Waals surface area (Å²) in [5.74, 6) is -0.552. The van der Waals surface area contributed by atoms with Crippen molar-refractivity contribution in [2.45, 2.75) is 394 Å². The standard InChI is InChI=1S/C73H142O17P2/c1-7-10-12-14-16-17-18-19-21-25-28-31-38-44-50-56-71(76)84-62-69(89-72(77)57-51-45-39-32-29-26-23-20-22-24-27-30-36-41-47-53-65(4)5)64-88-92(81,82)86-60-67(74)59-85-91(79,80)87-63-68(61-83-70(75)55-49-43-35-15-13-11-8-2)90-73(78)58-52-46-40-34-33-37-42-48-54-66(6)9-3/h65-69,74H,7-64H2,1-6H3,(H,79,80)(H,81,82)/t66?,67-,68+,69+/m0/s1. The predicted octanol–water partition coefficient (Wildman–Crippen LogP) is 21.2. The Morgan fingerprint density at radius 2 is 0.554 bits per heavy atom. The first kappa shape index (κ1) is 90.1. The second kappa shape index (κ2) is 65.0. The van der Waals surface area contributed by atoms with Gasteiger partial charge in [-0.05, 0) is 37.5 Å². The first-order valence-electron chi connectivity index (χ1n) is 38.0. The topological polar surface area (TPSA) is 237 Å². The Labute approximate surface area is 562 Å². The SMILES string of the molecule is CCCCCCCCCCCCCCCCCC(=O)OC[C@H](COP(=O)(O)OC[C@@H](O)COP(=O)(O)OC[C@@H](COC(=O)CCCCCCCCC)OC(=O)CCCCCCCCCCC(C)CC)OC(=O)CCCCCCCCCCCCCCCCCC(C)C. The van der Waals surface area contributed by atoms with Crippen LogP contribution in [0.4, 0.5) is 0 Å². The molecule has 0 saturated heterocycles. The number of phosphoric ester groups is 2. The van der Waals surface area contributed by atoms with Gasteiger partial charge in [0.1, 0.15) is 19.3 Å². The van der Waals surface area contributed by atoms with Crippen LogP contribution in [0.3, 0.4) is 0 Å². The first-order chi connectivity index (χ1) is 44.4. The van der Waals surface area contributed by atoms with Crippen LogP contribution in [0.5, 0.6) is 0 Å². The van der Waals surface area contributed by atoms with E-state index in [1.807, 2.05) is 0 Å². The van der Waals surface area contributed by atoms with Crippen molar-refractivity contribution in [1.29, 1.82) is 0 Å². The molecule has 3 N–H and O–H groups in total. The molecule has 0 aromatic heterocycles. The van der Waals surface area contributed by atoms with Crippen LogP contribution in [0.15, 0.2) is 0 Å². The van der Waals surface area contributed by atoms with Gasteiger partial charge in [0.15, 0.2) is 12.2 Å². The monoisotopic (exact) mass is 1350 g/mol. The van der Waals surface area contributed by atoms with Gasteiger partial charge >= 0.3 is 39.5 Å². The van der Waals surface area contributed by atoms with E-state index in [0.717, 1.165) is 115 Å². The highest BCUT2D eigenvalue weighted by molar-refractivity contribution is 7.47. The maximum absolute atomic E-state index is 13.1. The number of rotatable bonds is 72. The van der Waals surface area contributed by atoms with Crippen LogP contribution in [0.2, 0.25) is 0 Å². The molecule has 0 amide bonds. The van der Waals surface area contributed by atoms with Crippen LogP contribution >= 0.6 is 15.6 Å². The smallest absolute Gasteiger partial charge is 0.462 e. The summed E-state index contributed by atoms with van der Waals surface area (Å²) < 4.78 is 68.3. The van der Waals surface area contributed by atoms with Crippen molar-refractivity contribution in [1.82, 2.24) is 0 Å². The number of ether oxygens (including phenoxy) is 4. The van der Waals surface area contributed by atoms with Gasteiger partial charge in [0.05, 0.1) is 26.4 Å². The molecule has 3 unspecified atom stereocenters. The molecule has 92 heavy (non-hydrogen) atoms. The lowest BCUT2D eigenvalue weighted by atomic mass is 9.99. The Morgan fingerprint density at radius 1 is 0.315 bits per heavy atom. The Bertz CT molecular complexity index is 1790. The number of carbonyl (C=O) groups is 4. The summed E-state index contributed by atoms with van der Waals surface area (Å²) in [5, 5.41) is 10.6. The molecule has 0 radical (unpaired) electrons. The maximum Gasteiger partial charge on any atom is 0.472 e. The van der Waals surface area contributed by atoms with Gasteiger partial charge in [-0.3, -0.25) is 37.3 Å². The summed E-state index contributed by atoms with van der Waals surface area (Å²) in [6.07, 6.45) is 51.4. The number of carbonyl (C=O) groups excluding carboxylic acids is 4. The van der Waals surface area contributed by atoms with E-state index in [4.69, 9.17) is 37.0 Å². The second-order valence-corrected chi connectivity index (χ2v) is 30.0. The zero-order chi connectivity index (χ0) is 67.9. The van der Waals surface area contributed by atoms with E-state index in [-0.39, 0.29) is 25.7 Å². The molecule has 0 bridgehead atoms. The molecule has 0 aliphatic carbocycles. The van der Waals surface area contributed by atoms with Crippen molar-refractivity contribution in [2.75, 3.05) is 39.6 Å². The van der Waals surface area contributed by atoms with Crippen molar-refractivity contribution in [3.05, 3.63) is 0 Å². The highest BCUT2D eigenvalue weighted by atomic mass is 31.2. The van der Waals surface area contributed by atoms with E-state index in [1.165, 1.54) is 180 Å². The number of aliphatic hydroxyl groups excluding tert-OH is 1. The zero-order valence-electron chi connectivity index (χ0n) is 59.9. The summed E-state index contributed by atoms with van der Waals surface area (Å²) in [5.41, 5.74) is 0. The molecule has 0 aromatic rings. The fourth-order valence-electron chi connectivity index (χ4n) is 11.1. The van der Waals surface area contributed by atoms with E-state index in [1.54, 1.807) is 0 Å². The highest BCUT2D eigenvalue weighted by Gasteiger charge is 2.30. The van der Waals surface area contributed by atoms with Crippen molar-refractivity contribution in [2.24, 2.45) is 11.8 Å². The fraction of sp³-hybridized carbons (Fsp3) is 0.945. The van der Waals surface area contributed by atoms with Crippen molar-refractivity contribution in [3.63, 3.8) is 0 Å². The Morgan fingerprint density at radius 3 is 0.826 bits per heavy atom. The third kappa shape index (κ3) is 65.4. The fourth-order valence-corrected chi connectivity index (χ4v) is 12.7. The van der Waals surface area contributed by atoms with Crippen LogP contribution in [-0.2, 0) is 65.4 Å². The van der Waals surface area contributed by atoms with Crippen LogP contribution < -0.4 is 0 Å². The average molecular weight is 1350 g/mol. The van der Waals surface area contributed by atoms with Crippen molar-refractivity contribution in [3.8, 4) is 0 Å². The Hall–Kier alpha value is -1.94. The predicted molar refractivity (Wildman–Crippen MR) is 372 cm³/mol. The lowest BCUT2D eigenvalue weighted by molar-refractivity contribution is -0.161. The molecule has 0 aromatic carbocycles. The molecular formula is C73H142O17P2. The minimum Gasteiger partial charge on any atom is -0.462 e. The van der Waals surface area contributed by atoms with Gasteiger partial charge in [0.2, 0.25) is 0 Å². The molecule has 0 heterocycles. The summed E-state index contributed by atoms with van der Waals surface area (Å²) in [6, 6.07) is 0. The van der Waals surface area contributed by atoms with Gasteiger partial charge in [-0.15, -0.1) is 0 Å². The number of unbranched alkanes of at least 4 members (excludes halogenated alkanes) is 41. The first-order valence-corrected chi connectivity index (χ1v) is 41.0. The molecular weight excluding hydrogens is 1210 g/mol. The summed E-state index contributed by atoms with van der Waals surface area (Å²) >= 11 is 0. The van der Waals surface area contributed by atoms with Gasteiger partial charge in [0, 0.05) is 25.7 Å². The average Bonchev–Trinajstić information content (AvgIpc) is 3.02. The molecule has 6 atom stereocenters. The molecule has 0 aliphatic heterocycles. The largest absolute Gasteiger partial charge is 0.472 e. The van der Waals surface area contributed by atoms with Gasteiger partial charge in [-0.25, -0.2) is 9.13 Å². The van der Waals surface area contributed by atoms with Gasteiger partial charge in [-0.2, -0.15) is 0 Å². The van der Waals surface area contributed by atoms with E-state index in [2.05, 4.69) is 41.5 Å². The second-order valence-electron chi connectivity index (χ2n) is 27.1. The molecule has 0 saturated carbocycles. The molecule has 0 rings (SSSR count). The third-order valence-corrected chi connectivity index (χ3v) is 19.2.